The number of unbranched alkanes of at least 4 members (excludes halogenated alkanes) is 2. The minimum atomic E-state index is 0.324. The molecule has 0 aromatic heterocycles. The lowest BCUT2D eigenvalue weighted by Crippen LogP contribution is -2.07. The maximum atomic E-state index is 6.19. The zero-order valence-corrected chi connectivity index (χ0v) is 11.6. The van der Waals surface area contributed by atoms with Gasteiger partial charge < -0.3 is 4.74 Å². The molecule has 0 aliphatic carbocycles. The van der Waals surface area contributed by atoms with Crippen molar-refractivity contribution >= 4 is 11.6 Å². The Bertz CT molecular complexity index is 284. The number of halogens is 1. The Balaban J connectivity index is 1.98. The Hall–Kier alpha value is -0.690. The average molecular weight is 255 g/mol. The van der Waals surface area contributed by atoms with Crippen LogP contribution in [0, 0.1) is 5.92 Å². The van der Waals surface area contributed by atoms with Crippen molar-refractivity contribution in [2.24, 2.45) is 5.92 Å². The zero-order chi connectivity index (χ0) is 12.5. The first-order valence-corrected chi connectivity index (χ1v) is 6.95. The maximum absolute atomic E-state index is 6.19. The summed E-state index contributed by atoms with van der Waals surface area (Å²) < 4.78 is 5.63. The molecule has 0 radical (unpaired) electrons. The molecule has 17 heavy (non-hydrogen) atoms. The highest BCUT2D eigenvalue weighted by Crippen LogP contribution is 2.17. The fourth-order valence-corrected chi connectivity index (χ4v) is 1.81. The van der Waals surface area contributed by atoms with E-state index in [0.29, 0.717) is 11.3 Å². The predicted octanol–water partition coefficient (Wildman–Crippen LogP) is 4.89. The van der Waals surface area contributed by atoms with Gasteiger partial charge in [0.1, 0.15) is 5.75 Å². The fraction of sp³-hybridized carbons (Fsp3) is 0.600. The van der Waals surface area contributed by atoms with Gasteiger partial charge in [-0.3, -0.25) is 0 Å². The van der Waals surface area contributed by atoms with E-state index in [1.807, 2.05) is 30.3 Å². The highest BCUT2D eigenvalue weighted by atomic mass is 35.5. The van der Waals surface area contributed by atoms with Crippen LogP contribution in [0.4, 0.5) is 0 Å². The van der Waals surface area contributed by atoms with Crippen LogP contribution in [-0.2, 0) is 0 Å². The molecule has 0 heterocycles. The molecule has 1 atom stereocenters. The Kier molecular flexibility index (Phi) is 7.11. The molecule has 0 saturated heterocycles. The normalized spacial score (nSPS) is 12.7. The SMILES string of the molecule is CC(C)C(Cl)CCCCCOc1ccccc1. The van der Waals surface area contributed by atoms with Crippen molar-refractivity contribution in [3.05, 3.63) is 30.3 Å². The van der Waals surface area contributed by atoms with Gasteiger partial charge >= 0.3 is 0 Å². The van der Waals surface area contributed by atoms with Gasteiger partial charge in [0.15, 0.2) is 0 Å². The third-order valence-electron chi connectivity index (χ3n) is 2.86. The van der Waals surface area contributed by atoms with Crippen LogP contribution < -0.4 is 4.74 Å². The van der Waals surface area contributed by atoms with Crippen molar-refractivity contribution in [1.29, 1.82) is 0 Å². The van der Waals surface area contributed by atoms with Gasteiger partial charge in [-0.05, 0) is 30.9 Å². The average Bonchev–Trinajstić information content (AvgIpc) is 2.34. The predicted molar refractivity (Wildman–Crippen MR) is 74.9 cm³/mol. The quantitative estimate of drug-likeness (QED) is 0.474. The Morgan fingerprint density at radius 2 is 1.76 bits per heavy atom. The summed E-state index contributed by atoms with van der Waals surface area (Å²) in [4.78, 5) is 0. The molecule has 1 aromatic carbocycles. The standard InChI is InChI=1S/C15H23ClO/c1-13(2)15(16)11-7-4-8-12-17-14-9-5-3-6-10-14/h3,5-6,9-10,13,15H,4,7-8,11-12H2,1-2H3. The van der Waals surface area contributed by atoms with E-state index in [1.165, 1.54) is 12.8 Å². The Morgan fingerprint density at radius 1 is 1.06 bits per heavy atom. The van der Waals surface area contributed by atoms with Crippen molar-refractivity contribution in [2.45, 2.75) is 44.9 Å². The summed E-state index contributed by atoms with van der Waals surface area (Å²) in [7, 11) is 0. The van der Waals surface area contributed by atoms with Crippen molar-refractivity contribution in [3.8, 4) is 5.75 Å². The molecule has 0 amide bonds. The first kappa shape index (κ1) is 14.4. The minimum absolute atomic E-state index is 0.324. The van der Waals surface area contributed by atoms with Gasteiger partial charge in [-0.2, -0.15) is 0 Å². The van der Waals surface area contributed by atoms with Crippen molar-refractivity contribution in [1.82, 2.24) is 0 Å². The Morgan fingerprint density at radius 3 is 2.41 bits per heavy atom. The number of alkyl halides is 1. The number of rotatable bonds is 8. The summed E-state index contributed by atoms with van der Waals surface area (Å²) >= 11 is 6.19. The summed E-state index contributed by atoms with van der Waals surface area (Å²) in [6.07, 6.45) is 4.62. The van der Waals surface area contributed by atoms with Crippen LogP contribution in [0.15, 0.2) is 30.3 Å². The van der Waals surface area contributed by atoms with Gasteiger partial charge in [-0.15, -0.1) is 11.6 Å². The molecule has 1 aromatic rings. The van der Waals surface area contributed by atoms with Crippen molar-refractivity contribution < 1.29 is 4.74 Å². The van der Waals surface area contributed by atoms with E-state index < -0.39 is 0 Å². The molecule has 0 saturated carbocycles. The smallest absolute Gasteiger partial charge is 0.119 e. The lowest BCUT2D eigenvalue weighted by atomic mass is 10.0. The molecular formula is C15H23ClO. The molecular weight excluding hydrogens is 232 g/mol. The summed E-state index contributed by atoms with van der Waals surface area (Å²) in [5.74, 6) is 1.54. The molecule has 2 heteroatoms. The second kappa shape index (κ2) is 8.41. The molecule has 1 rings (SSSR count). The molecule has 96 valence electrons. The number of para-hydroxylation sites is 1. The van der Waals surface area contributed by atoms with Gasteiger partial charge in [0.05, 0.1) is 6.61 Å². The van der Waals surface area contributed by atoms with E-state index in [2.05, 4.69) is 13.8 Å². The third-order valence-corrected chi connectivity index (χ3v) is 3.58. The van der Waals surface area contributed by atoms with Crippen LogP contribution in [0.1, 0.15) is 39.5 Å². The number of ether oxygens (including phenoxy) is 1. The molecule has 0 bridgehead atoms. The summed E-state index contributed by atoms with van der Waals surface area (Å²) in [5.41, 5.74) is 0. The maximum Gasteiger partial charge on any atom is 0.119 e. The van der Waals surface area contributed by atoms with Crippen LogP contribution in [0.3, 0.4) is 0 Å². The number of hydrogen-bond donors (Lipinski definition) is 0. The molecule has 0 aliphatic rings. The van der Waals surface area contributed by atoms with E-state index in [0.717, 1.165) is 25.2 Å². The lowest BCUT2D eigenvalue weighted by molar-refractivity contribution is 0.304. The number of hydrogen-bond acceptors (Lipinski definition) is 1. The van der Waals surface area contributed by atoms with Crippen molar-refractivity contribution in [3.63, 3.8) is 0 Å². The van der Waals surface area contributed by atoms with Gasteiger partial charge in [-0.1, -0.05) is 44.9 Å². The monoisotopic (exact) mass is 254 g/mol. The van der Waals surface area contributed by atoms with E-state index in [9.17, 15) is 0 Å². The molecule has 0 fully saturated rings. The largest absolute Gasteiger partial charge is 0.494 e. The Labute approximate surface area is 110 Å². The molecule has 1 unspecified atom stereocenters. The topological polar surface area (TPSA) is 9.23 Å². The van der Waals surface area contributed by atoms with Gasteiger partial charge in [0.2, 0.25) is 0 Å². The fourth-order valence-electron chi connectivity index (χ4n) is 1.66. The van der Waals surface area contributed by atoms with Gasteiger partial charge in [0.25, 0.3) is 0 Å². The first-order chi connectivity index (χ1) is 8.20. The van der Waals surface area contributed by atoms with Crippen LogP contribution in [0.5, 0.6) is 5.75 Å². The highest BCUT2D eigenvalue weighted by Gasteiger charge is 2.08. The molecule has 0 N–H and O–H groups in total. The summed E-state index contributed by atoms with van der Waals surface area (Å²) in [6.45, 7) is 5.16. The van der Waals surface area contributed by atoms with Crippen LogP contribution in [0.2, 0.25) is 0 Å². The van der Waals surface area contributed by atoms with Crippen LogP contribution in [0.25, 0.3) is 0 Å². The highest BCUT2D eigenvalue weighted by molar-refractivity contribution is 6.20. The van der Waals surface area contributed by atoms with E-state index in [1.54, 1.807) is 0 Å². The molecule has 1 nitrogen and oxygen atoms in total. The first-order valence-electron chi connectivity index (χ1n) is 6.52. The van der Waals surface area contributed by atoms with Crippen LogP contribution in [-0.4, -0.2) is 12.0 Å². The lowest BCUT2D eigenvalue weighted by Gasteiger charge is -2.12. The van der Waals surface area contributed by atoms with E-state index in [-0.39, 0.29) is 0 Å². The van der Waals surface area contributed by atoms with Gasteiger partial charge in [-0.25, -0.2) is 0 Å². The molecule has 0 aliphatic heterocycles. The second-order valence-corrected chi connectivity index (χ2v) is 5.33. The second-order valence-electron chi connectivity index (χ2n) is 4.77. The number of benzene rings is 1. The summed E-state index contributed by atoms with van der Waals surface area (Å²) in [6, 6.07) is 9.98. The van der Waals surface area contributed by atoms with Crippen molar-refractivity contribution in [2.75, 3.05) is 6.61 Å². The molecule has 0 spiro atoms. The summed E-state index contributed by atoms with van der Waals surface area (Å²) in [5, 5.41) is 0.324. The van der Waals surface area contributed by atoms with Gasteiger partial charge in [0, 0.05) is 5.38 Å². The zero-order valence-electron chi connectivity index (χ0n) is 10.9. The third kappa shape index (κ3) is 6.58. The minimum Gasteiger partial charge on any atom is -0.494 e. The van der Waals surface area contributed by atoms with E-state index >= 15 is 0 Å². The van der Waals surface area contributed by atoms with Crippen LogP contribution >= 0.6 is 11.6 Å². The van der Waals surface area contributed by atoms with E-state index in [4.69, 9.17) is 16.3 Å².